The Hall–Kier alpha value is -3.19. The molecule has 3 rings (SSSR count). The minimum absolute atomic E-state index is 0.0561. The van der Waals surface area contributed by atoms with Gasteiger partial charge in [0.2, 0.25) is 5.91 Å². The van der Waals surface area contributed by atoms with Crippen LogP contribution in [-0.2, 0) is 20.0 Å². The number of carbonyl (C=O) groups is 3. The number of carbonyl (C=O) groups excluding carboxylic acids is 3. The van der Waals surface area contributed by atoms with Crippen LogP contribution in [0.5, 0.6) is 0 Å². The fraction of sp³-hybridized carbons (Fsp3) is 0.318. The third-order valence-corrected chi connectivity index (χ3v) is 4.93. The van der Waals surface area contributed by atoms with Crippen molar-refractivity contribution in [3.8, 4) is 0 Å². The first-order chi connectivity index (χ1) is 13.9. The smallest absolute Gasteiger partial charge is 0.313 e. The summed E-state index contributed by atoms with van der Waals surface area (Å²) in [5, 5.41) is 15.5. The third-order valence-electron chi connectivity index (χ3n) is 4.93. The van der Waals surface area contributed by atoms with Gasteiger partial charge in [-0.1, -0.05) is 36.4 Å². The van der Waals surface area contributed by atoms with Gasteiger partial charge in [0, 0.05) is 24.3 Å². The molecular weight excluding hydrogens is 370 g/mol. The molecule has 29 heavy (non-hydrogen) atoms. The molecule has 0 bridgehead atoms. The average Bonchev–Trinajstić information content (AvgIpc) is 2.73. The molecular formula is C22H25N3O4. The highest BCUT2D eigenvalue weighted by Gasteiger charge is 2.25. The molecule has 3 amide bonds. The van der Waals surface area contributed by atoms with Crippen molar-refractivity contribution in [1.29, 1.82) is 0 Å². The summed E-state index contributed by atoms with van der Waals surface area (Å²) in [5.74, 6) is -1.63. The molecule has 1 aliphatic heterocycles. The molecule has 1 saturated heterocycles. The lowest BCUT2D eigenvalue weighted by atomic mass is 9.96. The van der Waals surface area contributed by atoms with E-state index in [2.05, 4.69) is 10.6 Å². The topological polar surface area (TPSA) is 98.7 Å². The number of anilines is 2. The molecule has 0 aliphatic carbocycles. The van der Waals surface area contributed by atoms with Gasteiger partial charge in [-0.2, -0.15) is 0 Å². The first-order valence-corrected chi connectivity index (χ1v) is 9.64. The van der Waals surface area contributed by atoms with Crippen LogP contribution in [0.4, 0.5) is 11.4 Å². The highest BCUT2D eigenvalue weighted by molar-refractivity contribution is 6.39. The number of hydrogen-bond donors (Lipinski definition) is 3. The lowest BCUT2D eigenvalue weighted by Crippen LogP contribution is -2.43. The summed E-state index contributed by atoms with van der Waals surface area (Å²) in [7, 11) is 0. The first kappa shape index (κ1) is 20.5. The molecule has 3 N–H and O–H groups in total. The predicted octanol–water partition coefficient (Wildman–Crippen LogP) is 2.17. The van der Waals surface area contributed by atoms with Gasteiger partial charge in [0.25, 0.3) is 0 Å². The van der Waals surface area contributed by atoms with Crippen LogP contribution in [0, 0.1) is 0 Å². The molecule has 1 fully saturated rings. The third kappa shape index (κ3) is 5.20. The van der Waals surface area contributed by atoms with Crippen molar-refractivity contribution in [3.63, 3.8) is 0 Å². The van der Waals surface area contributed by atoms with Crippen LogP contribution < -0.4 is 15.5 Å². The van der Waals surface area contributed by atoms with Gasteiger partial charge in [0.15, 0.2) is 0 Å². The lowest BCUT2D eigenvalue weighted by molar-refractivity contribution is -0.136. The van der Waals surface area contributed by atoms with E-state index in [1.807, 2.05) is 6.07 Å². The van der Waals surface area contributed by atoms with Gasteiger partial charge in [-0.15, -0.1) is 0 Å². The summed E-state index contributed by atoms with van der Waals surface area (Å²) in [6.07, 6.45) is 2.34. The van der Waals surface area contributed by atoms with E-state index >= 15 is 0 Å². The molecule has 0 saturated carbocycles. The molecule has 1 heterocycles. The lowest BCUT2D eigenvalue weighted by Gasteiger charge is -2.27. The molecule has 2 aromatic rings. The Kier molecular flexibility index (Phi) is 6.29. The monoisotopic (exact) mass is 395 g/mol. The fourth-order valence-corrected chi connectivity index (χ4v) is 3.25. The zero-order valence-electron chi connectivity index (χ0n) is 16.4. The summed E-state index contributed by atoms with van der Waals surface area (Å²) < 4.78 is 0. The summed E-state index contributed by atoms with van der Waals surface area (Å²) in [5.41, 5.74) is 0.460. The fourth-order valence-electron chi connectivity index (χ4n) is 3.25. The number of aliphatic hydroxyl groups is 1. The standard InChI is InChI=1S/C22H25N3O4/c1-22(29,16-8-3-2-4-9-16)15-23-20(27)21(28)24-17-10-7-11-18(14-17)25-13-6-5-12-19(25)26/h2-4,7-11,14,29H,5-6,12-13,15H2,1H3,(H,23,27)(H,24,28)/t22-/m0/s1. The Morgan fingerprint density at radius 3 is 2.55 bits per heavy atom. The van der Waals surface area contributed by atoms with E-state index in [4.69, 9.17) is 0 Å². The van der Waals surface area contributed by atoms with E-state index in [0.717, 1.165) is 12.8 Å². The van der Waals surface area contributed by atoms with Gasteiger partial charge in [-0.3, -0.25) is 14.4 Å². The van der Waals surface area contributed by atoms with Crippen LogP contribution in [0.25, 0.3) is 0 Å². The van der Waals surface area contributed by atoms with Gasteiger partial charge in [0.1, 0.15) is 5.60 Å². The Bertz CT molecular complexity index is 896. The largest absolute Gasteiger partial charge is 0.384 e. The molecule has 152 valence electrons. The van der Waals surface area contributed by atoms with Crippen LogP contribution in [0.1, 0.15) is 31.7 Å². The number of hydrogen-bond acceptors (Lipinski definition) is 4. The molecule has 7 heteroatoms. The van der Waals surface area contributed by atoms with E-state index < -0.39 is 17.4 Å². The molecule has 7 nitrogen and oxygen atoms in total. The highest BCUT2D eigenvalue weighted by atomic mass is 16.3. The maximum Gasteiger partial charge on any atom is 0.313 e. The maximum atomic E-state index is 12.2. The van der Waals surface area contributed by atoms with Crippen LogP contribution in [0.3, 0.4) is 0 Å². The summed E-state index contributed by atoms with van der Waals surface area (Å²) >= 11 is 0. The number of benzene rings is 2. The van der Waals surface area contributed by atoms with E-state index in [0.29, 0.717) is 29.9 Å². The Morgan fingerprint density at radius 2 is 1.83 bits per heavy atom. The van der Waals surface area contributed by atoms with E-state index in [1.165, 1.54) is 0 Å². The predicted molar refractivity (Wildman–Crippen MR) is 110 cm³/mol. The van der Waals surface area contributed by atoms with Crippen molar-refractivity contribution >= 4 is 29.1 Å². The highest BCUT2D eigenvalue weighted by Crippen LogP contribution is 2.24. The second-order valence-corrected chi connectivity index (χ2v) is 7.33. The number of nitrogens with one attached hydrogen (secondary N) is 2. The number of piperidine rings is 1. The first-order valence-electron chi connectivity index (χ1n) is 9.64. The molecule has 1 atom stereocenters. The molecule has 2 aromatic carbocycles. The van der Waals surface area contributed by atoms with Gasteiger partial charge < -0.3 is 20.6 Å². The van der Waals surface area contributed by atoms with Gasteiger partial charge in [0.05, 0.1) is 6.54 Å². The normalized spacial score (nSPS) is 16.1. The SMILES string of the molecule is C[C@](O)(CNC(=O)C(=O)Nc1cccc(N2CCCCC2=O)c1)c1ccccc1. The minimum Gasteiger partial charge on any atom is -0.384 e. The molecule has 0 unspecified atom stereocenters. The summed E-state index contributed by atoms with van der Waals surface area (Å²) in [6.45, 7) is 2.11. The molecule has 0 spiro atoms. The average molecular weight is 395 g/mol. The quantitative estimate of drug-likeness (QED) is 0.676. The Labute approximate surface area is 169 Å². The van der Waals surface area contributed by atoms with Gasteiger partial charge in [-0.25, -0.2) is 0 Å². The summed E-state index contributed by atoms with van der Waals surface area (Å²) in [4.78, 5) is 38.2. The van der Waals surface area contributed by atoms with Crippen LogP contribution in [-0.4, -0.2) is 35.9 Å². The van der Waals surface area contributed by atoms with E-state index in [-0.39, 0.29) is 12.5 Å². The Balaban J connectivity index is 1.59. The molecule has 0 aromatic heterocycles. The van der Waals surface area contributed by atoms with E-state index in [1.54, 1.807) is 60.4 Å². The zero-order chi connectivity index (χ0) is 20.9. The number of rotatable bonds is 5. The van der Waals surface area contributed by atoms with Crippen LogP contribution in [0.15, 0.2) is 54.6 Å². The Morgan fingerprint density at radius 1 is 1.07 bits per heavy atom. The van der Waals surface area contributed by atoms with Crippen molar-refractivity contribution in [2.45, 2.75) is 31.8 Å². The minimum atomic E-state index is -1.30. The summed E-state index contributed by atoms with van der Waals surface area (Å²) in [6, 6.07) is 15.8. The molecule has 1 aliphatic rings. The van der Waals surface area contributed by atoms with Crippen LogP contribution >= 0.6 is 0 Å². The number of amides is 3. The van der Waals surface area contributed by atoms with Gasteiger partial charge >= 0.3 is 11.8 Å². The zero-order valence-corrected chi connectivity index (χ0v) is 16.4. The van der Waals surface area contributed by atoms with Crippen molar-refractivity contribution < 1.29 is 19.5 Å². The second-order valence-electron chi connectivity index (χ2n) is 7.33. The maximum absolute atomic E-state index is 12.2. The second kappa shape index (κ2) is 8.87. The molecule has 0 radical (unpaired) electrons. The van der Waals surface area contributed by atoms with Crippen molar-refractivity contribution in [1.82, 2.24) is 5.32 Å². The van der Waals surface area contributed by atoms with Crippen molar-refractivity contribution in [3.05, 3.63) is 60.2 Å². The van der Waals surface area contributed by atoms with Crippen molar-refractivity contribution in [2.75, 3.05) is 23.3 Å². The van der Waals surface area contributed by atoms with Gasteiger partial charge in [-0.05, 0) is 43.5 Å². The van der Waals surface area contributed by atoms with Crippen molar-refractivity contribution in [2.24, 2.45) is 0 Å². The van der Waals surface area contributed by atoms with E-state index in [9.17, 15) is 19.5 Å². The van der Waals surface area contributed by atoms with Crippen LogP contribution in [0.2, 0.25) is 0 Å². The number of nitrogens with zero attached hydrogens (tertiary/aromatic N) is 1.